The van der Waals surface area contributed by atoms with Crippen LogP contribution in [0.5, 0.6) is 11.5 Å². The van der Waals surface area contributed by atoms with Gasteiger partial charge in [0, 0.05) is 5.02 Å². The third-order valence-corrected chi connectivity index (χ3v) is 4.67. The normalized spacial score (nSPS) is 10.7. The Labute approximate surface area is 194 Å². The van der Waals surface area contributed by atoms with E-state index in [2.05, 4.69) is 15.8 Å². The molecular formula is C22H19Cl2N3O5. The molecule has 0 radical (unpaired) electrons. The molecule has 0 aliphatic carbocycles. The maximum absolute atomic E-state index is 11.8. The van der Waals surface area contributed by atoms with Crippen LogP contribution in [0.3, 0.4) is 0 Å². The van der Waals surface area contributed by atoms with E-state index in [1.807, 2.05) is 12.1 Å². The van der Waals surface area contributed by atoms with Gasteiger partial charge in [-0.05, 0) is 47.5 Å². The first kappa shape index (κ1) is 23.2. The van der Waals surface area contributed by atoms with Crippen LogP contribution in [0.4, 0.5) is 0 Å². The summed E-state index contributed by atoms with van der Waals surface area (Å²) < 4.78 is 16.2. The van der Waals surface area contributed by atoms with Gasteiger partial charge >= 0.3 is 11.8 Å². The lowest BCUT2D eigenvalue weighted by molar-refractivity contribution is -0.139. The standard InChI is InChI=1S/C22H19Cl2N3O5/c1-30-19-10-15(9-18(24)20(19)32-13-14-4-6-16(23)7-5-14)11-26-27-22(29)21(28)25-12-17-3-2-8-31-17/h2-11H,12-13H2,1H3,(H,25,28)(H,27,29)/b26-11-. The molecule has 1 heterocycles. The van der Waals surface area contributed by atoms with Gasteiger partial charge in [-0.2, -0.15) is 5.10 Å². The van der Waals surface area contributed by atoms with Crippen molar-refractivity contribution in [3.63, 3.8) is 0 Å². The number of nitrogens with one attached hydrogen (secondary N) is 2. The predicted octanol–water partition coefficient (Wildman–Crippen LogP) is 3.94. The molecule has 0 unspecified atom stereocenters. The second-order valence-corrected chi connectivity index (χ2v) is 7.25. The smallest absolute Gasteiger partial charge is 0.329 e. The first-order chi connectivity index (χ1) is 15.5. The Morgan fingerprint density at radius 2 is 1.91 bits per heavy atom. The summed E-state index contributed by atoms with van der Waals surface area (Å²) in [5, 5.41) is 7.12. The zero-order chi connectivity index (χ0) is 22.9. The number of benzene rings is 2. The van der Waals surface area contributed by atoms with E-state index in [0.29, 0.717) is 32.9 Å². The van der Waals surface area contributed by atoms with Crippen molar-refractivity contribution in [2.75, 3.05) is 7.11 Å². The molecule has 2 N–H and O–H groups in total. The summed E-state index contributed by atoms with van der Waals surface area (Å²) in [7, 11) is 1.48. The third-order valence-electron chi connectivity index (χ3n) is 4.14. The largest absolute Gasteiger partial charge is 0.493 e. The van der Waals surface area contributed by atoms with Gasteiger partial charge in [-0.3, -0.25) is 9.59 Å². The second-order valence-electron chi connectivity index (χ2n) is 6.41. The van der Waals surface area contributed by atoms with Crippen molar-refractivity contribution in [2.24, 2.45) is 5.10 Å². The van der Waals surface area contributed by atoms with Crippen molar-refractivity contribution in [1.82, 2.24) is 10.7 Å². The Bertz CT molecular complexity index is 1100. The summed E-state index contributed by atoms with van der Waals surface area (Å²) >= 11 is 12.2. The zero-order valence-electron chi connectivity index (χ0n) is 16.9. The van der Waals surface area contributed by atoms with Gasteiger partial charge in [-0.15, -0.1) is 0 Å². The average Bonchev–Trinajstić information content (AvgIpc) is 3.31. The molecule has 0 saturated heterocycles. The molecule has 1 aromatic heterocycles. The summed E-state index contributed by atoms with van der Waals surface area (Å²) in [6.45, 7) is 0.358. The number of hydrogen-bond donors (Lipinski definition) is 2. The number of ether oxygens (including phenoxy) is 2. The molecule has 0 aliphatic rings. The van der Waals surface area contributed by atoms with E-state index in [9.17, 15) is 9.59 Å². The van der Waals surface area contributed by atoms with Crippen LogP contribution in [0.25, 0.3) is 0 Å². The van der Waals surface area contributed by atoms with Crippen LogP contribution in [-0.2, 0) is 22.7 Å². The fraction of sp³-hybridized carbons (Fsp3) is 0.136. The van der Waals surface area contributed by atoms with Gasteiger partial charge in [0.1, 0.15) is 12.4 Å². The van der Waals surface area contributed by atoms with Gasteiger partial charge < -0.3 is 19.2 Å². The van der Waals surface area contributed by atoms with Crippen LogP contribution in [0.2, 0.25) is 10.0 Å². The van der Waals surface area contributed by atoms with E-state index in [-0.39, 0.29) is 13.2 Å². The van der Waals surface area contributed by atoms with Gasteiger partial charge in [0.15, 0.2) is 11.5 Å². The van der Waals surface area contributed by atoms with Gasteiger partial charge in [0.05, 0.1) is 31.2 Å². The molecule has 8 nitrogen and oxygen atoms in total. The molecule has 0 aliphatic heterocycles. The Morgan fingerprint density at radius 3 is 2.59 bits per heavy atom. The highest BCUT2D eigenvalue weighted by atomic mass is 35.5. The van der Waals surface area contributed by atoms with Crippen LogP contribution >= 0.6 is 23.2 Å². The number of hydrazone groups is 1. The number of carbonyl (C=O) groups is 2. The number of carbonyl (C=O) groups excluding carboxylic acids is 2. The van der Waals surface area contributed by atoms with Crippen molar-refractivity contribution in [3.05, 3.63) is 81.7 Å². The molecule has 0 atom stereocenters. The summed E-state index contributed by atoms with van der Waals surface area (Å²) in [6, 6.07) is 13.8. The summed E-state index contributed by atoms with van der Waals surface area (Å²) in [5.41, 5.74) is 3.58. The lowest BCUT2D eigenvalue weighted by Gasteiger charge is -2.13. The highest BCUT2D eigenvalue weighted by Gasteiger charge is 2.14. The minimum atomic E-state index is -0.922. The van der Waals surface area contributed by atoms with Crippen LogP contribution in [-0.4, -0.2) is 25.1 Å². The molecule has 0 fully saturated rings. The molecule has 0 saturated carbocycles. The minimum Gasteiger partial charge on any atom is -0.493 e. The monoisotopic (exact) mass is 475 g/mol. The van der Waals surface area contributed by atoms with Gasteiger partial charge in [-0.25, -0.2) is 5.43 Å². The summed E-state index contributed by atoms with van der Waals surface area (Å²) in [6.07, 6.45) is 2.80. The second kappa shape index (κ2) is 11.2. The number of halogens is 2. The van der Waals surface area contributed by atoms with E-state index in [4.69, 9.17) is 37.1 Å². The Kier molecular flexibility index (Phi) is 8.13. The maximum atomic E-state index is 11.8. The molecule has 32 heavy (non-hydrogen) atoms. The number of nitrogens with zero attached hydrogens (tertiary/aromatic N) is 1. The number of amides is 2. The van der Waals surface area contributed by atoms with E-state index in [1.54, 1.807) is 36.4 Å². The summed E-state index contributed by atoms with van der Waals surface area (Å²) in [5.74, 6) is -0.498. The Balaban J connectivity index is 1.58. The van der Waals surface area contributed by atoms with Crippen molar-refractivity contribution in [2.45, 2.75) is 13.2 Å². The average molecular weight is 476 g/mol. The van der Waals surface area contributed by atoms with E-state index >= 15 is 0 Å². The fourth-order valence-electron chi connectivity index (χ4n) is 2.57. The molecule has 166 valence electrons. The fourth-order valence-corrected chi connectivity index (χ4v) is 2.97. The van der Waals surface area contributed by atoms with E-state index < -0.39 is 11.8 Å². The quantitative estimate of drug-likeness (QED) is 0.291. The van der Waals surface area contributed by atoms with Gasteiger partial charge in [0.2, 0.25) is 0 Å². The first-order valence-electron chi connectivity index (χ1n) is 9.34. The molecule has 3 rings (SSSR count). The van der Waals surface area contributed by atoms with Crippen molar-refractivity contribution in [1.29, 1.82) is 0 Å². The number of rotatable bonds is 8. The minimum absolute atomic E-state index is 0.0905. The highest BCUT2D eigenvalue weighted by Crippen LogP contribution is 2.36. The molecule has 0 bridgehead atoms. The number of furan rings is 1. The SMILES string of the molecule is COc1cc(/C=N\NC(=O)C(=O)NCc2ccco2)cc(Cl)c1OCc1ccc(Cl)cc1. The Morgan fingerprint density at radius 1 is 1.12 bits per heavy atom. The van der Waals surface area contributed by atoms with Crippen molar-refractivity contribution in [3.8, 4) is 11.5 Å². The number of hydrogen-bond acceptors (Lipinski definition) is 6. The molecule has 3 aromatic rings. The highest BCUT2D eigenvalue weighted by molar-refractivity contribution is 6.35. The predicted molar refractivity (Wildman–Crippen MR) is 120 cm³/mol. The maximum Gasteiger partial charge on any atom is 0.329 e. The topological polar surface area (TPSA) is 102 Å². The van der Waals surface area contributed by atoms with Crippen LogP contribution in [0.1, 0.15) is 16.9 Å². The zero-order valence-corrected chi connectivity index (χ0v) is 18.4. The van der Waals surface area contributed by atoms with E-state index in [0.717, 1.165) is 5.56 Å². The molecule has 10 heteroatoms. The van der Waals surface area contributed by atoms with Crippen LogP contribution < -0.4 is 20.2 Å². The third kappa shape index (κ3) is 6.50. The van der Waals surface area contributed by atoms with Crippen LogP contribution in [0, 0.1) is 0 Å². The molecule has 2 amide bonds. The van der Waals surface area contributed by atoms with Gasteiger partial charge in [0.25, 0.3) is 0 Å². The van der Waals surface area contributed by atoms with E-state index in [1.165, 1.54) is 19.6 Å². The summed E-state index contributed by atoms with van der Waals surface area (Å²) in [4.78, 5) is 23.6. The Hall–Kier alpha value is -3.49. The van der Waals surface area contributed by atoms with Crippen molar-refractivity contribution < 1.29 is 23.5 Å². The van der Waals surface area contributed by atoms with Crippen molar-refractivity contribution >= 4 is 41.2 Å². The first-order valence-corrected chi connectivity index (χ1v) is 10.1. The van der Waals surface area contributed by atoms with Gasteiger partial charge in [-0.1, -0.05) is 35.3 Å². The number of methoxy groups -OCH3 is 1. The lowest BCUT2D eigenvalue weighted by Crippen LogP contribution is -2.37. The lowest BCUT2D eigenvalue weighted by atomic mass is 10.2. The molecule has 2 aromatic carbocycles. The molecular weight excluding hydrogens is 457 g/mol. The molecule has 0 spiro atoms. The van der Waals surface area contributed by atoms with Crippen LogP contribution in [0.15, 0.2) is 64.3 Å².